The number of methoxy groups -OCH3 is 1. The van der Waals surface area contributed by atoms with Crippen LogP contribution in [0.25, 0.3) is 0 Å². The lowest BCUT2D eigenvalue weighted by atomic mass is 10.1. The minimum atomic E-state index is -0.312. The van der Waals surface area contributed by atoms with Gasteiger partial charge in [-0.2, -0.15) is 5.23 Å². The van der Waals surface area contributed by atoms with Crippen molar-refractivity contribution in [3.63, 3.8) is 0 Å². The topological polar surface area (TPSA) is 58.4 Å². The SMILES string of the molecule is COCCCN1CCOc2cc(C)c([NH+]([O-])OC)cc21. The number of quaternary nitrogens is 1. The zero-order valence-corrected chi connectivity index (χ0v) is 12.3. The lowest BCUT2D eigenvalue weighted by molar-refractivity contribution is -0.992. The van der Waals surface area contributed by atoms with Crippen LogP contribution in [0.1, 0.15) is 12.0 Å². The van der Waals surface area contributed by atoms with Gasteiger partial charge in [-0.15, -0.1) is 0 Å². The van der Waals surface area contributed by atoms with Gasteiger partial charge in [0.1, 0.15) is 12.4 Å². The molecule has 1 aromatic carbocycles. The molecule has 0 spiro atoms. The number of nitrogens with zero attached hydrogens (tertiary/aromatic N) is 1. The van der Waals surface area contributed by atoms with Crippen LogP contribution in [0.15, 0.2) is 12.1 Å². The minimum Gasteiger partial charge on any atom is -0.595 e. The third-order valence-corrected chi connectivity index (χ3v) is 3.45. The summed E-state index contributed by atoms with van der Waals surface area (Å²) in [6, 6.07) is 3.77. The average Bonchev–Trinajstić information content (AvgIpc) is 2.46. The number of ether oxygens (including phenoxy) is 2. The highest BCUT2D eigenvalue weighted by molar-refractivity contribution is 5.66. The predicted molar refractivity (Wildman–Crippen MR) is 76.4 cm³/mol. The molecule has 1 aliphatic heterocycles. The Bertz CT molecular complexity index is 453. The van der Waals surface area contributed by atoms with E-state index in [4.69, 9.17) is 14.3 Å². The van der Waals surface area contributed by atoms with Crippen molar-refractivity contribution in [2.45, 2.75) is 13.3 Å². The Balaban J connectivity index is 2.24. The molecular weight excluding hydrogens is 260 g/mol. The number of aryl methyl sites for hydroxylation is 1. The van der Waals surface area contributed by atoms with Crippen molar-refractivity contribution in [2.24, 2.45) is 0 Å². The van der Waals surface area contributed by atoms with Crippen molar-refractivity contribution in [3.05, 3.63) is 22.9 Å². The molecule has 112 valence electrons. The molecule has 1 N–H and O–H groups in total. The molecule has 6 heteroatoms. The molecule has 0 radical (unpaired) electrons. The highest BCUT2D eigenvalue weighted by atomic mass is 16.9. The van der Waals surface area contributed by atoms with Gasteiger partial charge in [-0.25, -0.2) is 4.84 Å². The van der Waals surface area contributed by atoms with Crippen LogP contribution < -0.4 is 14.9 Å². The van der Waals surface area contributed by atoms with Gasteiger partial charge in [0.15, 0.2) is 5.69 Å². The maximum atomic E-state index is 11.8. The Morgan fingerprint density at radius 2 is 2.20 bits per heavy atom. The van der Waals surface area contributed by atoms with Gasteiger partial charge in [-0.1, -0.05) is 0 Å². The Hall–Kier alpha value is -1.34. The Morgan fingerprint density at radius 1 is 1.40 bits per heavy atom. The molecule has 0 fully saturated rings. The second kappa shape index (κ2) is 6.90. The average molecular weight is 282 g/mol. The first kappa shape index (κ1) is 15.1. The van der Waals surface area contributed by atoms with Gasteiger partial charge < -0.3 is 19.6 Å². The molecule has 1 atom stereocenters. The van der Waals surface area contributed by atoms with E-state index in [0.717, 1.165) is 43.1 Å². The second-order valence-corrected chi connectivity index (χ2v) is 4.81. The molecule has 1 unspecified atom stereocenters. The lowest BCUT2D eigenvalue weighted by Gasteiger charge is -2.32. The normalized spacial score (nSPS) is 15.7. The number of hydrogen-bond donors (Lipinski definition) is 1. The van der Waals surface area contributed by atoms with Gasteiger partial charge in [0.25, 0.3) is 0 Å². The molecule has 0 aromatic heterocycles. The van der Waals surface area contributed by atoms with E-state index in [-0.39, 0.29) is 5.23 Å². The van der Waals surface area contributed by atoms with Crippen LogP contribution in [-0.4, -0.2) is 40.5 Å². The van der Waals surface area contributed by atoms with Crippen LogP contribution in [0.4, 0.5) is 11.4 Å². The predicted octanol–water partition coefficient (Wildman–Crippen LogP) is 0.806. The number of nitrogens with one attached hydrogen (secondary N) is 1. The number of anilines is 1. The molecule has 0 saturated carbocycles. The van der Waals surface area contributed by atoms with E-state index in [1.807, 2.05) is 19.1 Å². The Morgan fingerprint density at radius 3 is 2.90 bits per heavy atom. The van der Waals surface area contributed by atoms with Crippen molar-refractivity contribution in [1.82, 2.24) is 0 Å². The van der Waals surface area contributed by atoms with E-state index in [9.17, 15) is 5.21 Å². The van der Waals surface area contributed by atoms with Crippen LogP contribution in [0.3, 0.4) is 0 Å². The fourth-order valence-corrected chi connectivity index (χ4v) is 2.38. The Kier molecular flexibility index (Phi) is 5.19. The van der Waals surface area contributed by atoms with E-state index in [0.29, 0.717) is 12.3 Å². The molecule has 1 aromatic rings. The van der Waals surface area contributed by atoms with Gasteiger partial charge in [-0.3, -0.25) is 0 Å². The fourth-order valence-electron chi connectivity index (χ4n) is 2.38. The number of rotatable bonds is 6. The second-order valence-electron chi connectivity index (χ2n) is 4.81. The molecule has 1 heterocycles. The van der Waals surface area contributed by atoms with E-state index in [1.165, 1.54) is 7.11 Å². The molecule has 20 heavy (non-hydrogen) atoms. The van der Waals surface area contributed by atoms with Gasteiger partial charge in [-0.05, 0) is 19.4 Å². The highest BCUT2D eigenvalue weighted by Crippen LogP contribution is 2.35. The molecule has 0 amide bonds. The van der Waals surface area contributed by atoms with Crippen molar-refractivity contribution < 1.29 is 19.5 Å². The summed E-state index contributed by atoms with van der Waals surface area (Å²) in [4.78, 5) is 7.05. The van der Waals surface area contributed by atoms with Crippen molar-refractivity contribution in [1.29, 1.82) is 0 Å². The molecule has 0 bridgehead atoms. The van der Waals surface area contributed by atoms with Gasteiger partial charge in [0, 0.05) is 31.9 Å². The summed E-state index contributed by atoms with van der Waals surface area (Å²) >= 11 is 0. The van der Waals surface area contributed by atoms with Crippen LogP contribution >= 0.6 is 0 Å². The maximum Gasteiger partial charge on any atom is 0.169 e. The van der Waals surface area contributed by atoms with E-state index in [2.05, 4.69) is 4.90 Å². The summed E-state index contributed by atoms with van der Waals surface area (Å²) in [5.74, 6) is 0.832. The van der Waals surface area contributed by atoms with E-state index in [1.54, 1.807) is 7.11 Å². The number of benzene rings is 1. The molecular formula is C14H22N2O4. The molecule has 6 nitrogen and oxygen atoms in total. The molecule has 0 aliphatic carbocycles. The Labute approximate surface area is 119 Å². The first-order chi connectivity index (χ1) is 9.67. The standard InChI is InChI=1S/C14H22N2O4/c1-11-9-14-13(10-12(11)16(17)19-3)15(6-8-20-14)5-4-7-18-2/h9-10,16H,4-8H2,1-3H3. The highest BCUT2D eigenvalue weighted by Gasteiger charge is 2.22. The largest absolute Gasteiger partial charge is 0.595 e. The van der Waals surface area contributed by atoms with Crippen LogP contribution in [-0.2, 0) is 9.57 Å². The maximum absolute atomic E-state index is 11.8. The minimum absolute atomic E-state index is 0.312. The summed E-state index contributed by atoms with van der Waals surface area (Å²) in [6.07, 6.45) is 0.942. The first-order valence-electron chi connectivity index (χ1n) is 6.77. The van der Waals surface area contributed by atoms with Gasteiger partial charge >= 0.3 is 0 Å². The summed E-state index contributed by atoms with van der Waals surface area (Å²) in [5, 5.41) is 11.5. The lowest BCUT2D eigenvalue weighted by Crippen LogP contribution is -3.00. The summed E-state index contributed by atoms with van der Waals surface area (Å²) in [6.45, 7) is 4.98. The third kappa shape index (κ3) is 3.21. The fraction of sp³-hybridized carbons (Fsp3) is 0.571. The zero-order valence-electron chi connectivity index (χ0n) is 12.3. The summed E-state index contributed by atoms with van der Waals surface area (Å²) in [7, 11) is 3.10. The van der Waals surface area contributed by atoms with Crippen LogP contribution in [0, 0.1) is 12.1 Å². The van der Waals surface area contributed by atoms with Crippen LogP contribution in [0.5, 0.6) is 5.75 Å². The third-order valence-electron chi connectivity index (χ3n) is 3.45. The smallest absolute Gasteiger partial charge is 0.169 e. The molecule has 2 rings (SSSR count). The first-order valence-corrected chi connectivity index (χ1v) is 6.77. The summed E-state index contributed by atoms with van der Waals surface area (Å²) in [5.41, 5.74) is 2.42. The van der Waals surface area contributed by atoms with Crippen LogP contribution in [0.2, 0.25) is 0 Å². The monoisotopic (exact) mass is 282 g/mol. The van der Waals surface area contributed by atoms with Crippen molar-refractivity contribution in [3.8, 4) is 5.75 Å². The molecule has 0 saturated heterocycles. The van der Waals surface area contributed by atoms with E-state index < -0.39 is 0 Å². The quantitative estimate of drug-likeness (QED) is 0.618. The van der Waals surface area contributed by atoms with Crippen molar-refractivity contribution >= 4 is 11.4 Å². The van der Waals surface area contributed by atoms with Crippen molar-refractivity contribution in [2.75, 3.05) is 45.4 Å². The van der Waals surface area contributed by atoms with Gasteiger partial charge in [0.2, 0.25) is 0 Å². The molecule has 1 aliphatic rings. The number of fused-ring (bicyclic) bond motifs is 1. The van der Waals surface area contributed by atoms with Gasteiger partial charge in [0.05, 0.1) is 19.3 Å². The zero-order chi connectivity index (χ0) is 14.5. The summed E-state index contributed by atoms with van der Waals surface area (Å²) < 4.78 is 10.8. The number of hydrogen-bond acceptors (Lipinski definition) is 5. The van der Waals surface area contributed by atoms with E-state index >= 15 is 0 Å².